The summed E-state index contributed by atoms with van der Waals surface area (Å²) in [4.78, 5) is 12.2. The molecule has 2 aliphatic rings. The lowest BCUT2D eigenvalue weighted by molar-refractivity contribution is -0.122. The van der Waals surface area contributed by atoms with Gasteiger partial charge in [0.05, 0.1) is 0 Å². The van der Waals surface area contributed by atoms with Gasteiger partial charge in [0.2, 0.25) is 6.79 Å². The Hall–Kier alpha value is -1.77. The Bertz CT molecular complexity index is 491. The molecule has 1 heterocycles. The van der Waals surface area contributed by atoms with Crippen molar-refractivity contribution in [3.63, 3.8) is 0 Å². The summed E-state index contributed by atoms with van der Waals surface area (Å²) in [6, 6.07) is 5.74. The first-order valence-electron chi connectivity index (χ1n) is 6.39. The summed E-state index contributed by atoms with van der Waals surface area (Å²) in [5.41, 5.74) is 1.01. The van der Waals surface area contributed by atoms with E-state index in [-0.39, 0.29) is 12.7 Å². The lowest BCUT2D eigenvalue weighted by Gasteiger charge is -2.16. The number of hydrogen-bond donors (Lipinski definition) is 0. The molecule has 0 spiro atoms. The molecule has 1 aromatic carbocycles. The lowest BCUT2D eigenvalue weighted by Crippen LogP contribution is -2.17. The molecule has 0 fully saturated rings. The third kappa shape index (κ3) is 2.26. The van der Waals surface area contributed by atoms with Crippen molar-refractivity contribution in [3.05, 3.63) is 35.9 Å². The number of Topliss-reactive ketones (excluding diaryl/α,β-unsaturated/α-hetero) is 1. The Balaban J connectivity index is 1.68. The van der Waals surface area contributed by atoms with Gasteiger partial charge in [-0.15, -0.1) is 0 Å². The van der Waals surface area contributed by atoms with Crippen LogP contribution in [-0.2, 0) is 11.2 Å². The molecule has 1 aromatic rings. The molecular weight excluding hydrogens is 228 g/mol. The summed E-state index contributed by atoms with van der Waals surface area (Å²) in [6.45, 7) is 0.278. The molecular formula is C15H16O3. The molecule has 0 saturated heterocycles. The first-order chi connectivity index (χ1) is 8.83. The van der Waals surface area contributed by atoms with Gasteiger partial charge in [0.15, 0.2) is 11.5 Å². The van der Waals surface area contributed by atoms with Crippen molar-refractivity contribution < 1.29 is 14.3 Å². The minimum Gasteiger partial charge on any atom is -0.454 e. The quantitative estimate of drug-likeness (QED) is 0.767. The number of ketones is 1. The van der Waals surface area contributed by atoms with Crippen LogP contribution in [0.15, 0.2) is 30.4 Å². The van der Waals surface area contributed by atoms with Crippen LogP contribution in [0.1, 0.15) is 24.8 Å². The van der Waals surface area contributed by atoms with Crippen molar-refractivity contribution in [1.82, 2.24) is 0 Å². The Kier molecular flexibility index (Phi) is 3.05. The first-order valence-corrected chi connectivity index (χ1v) is 6.39. The van der Waals surface area contributed by atoms with Gasteiger partial charge in [0.25, 0.3) is 0 Å². The van der Waals surface area contributed by atoms with Gasteiger partial charge in [-0.25, -0.2) is 0 Å². The summed E-state index contributed by atoms with van der Waals surface area (Å²) >= 11 is 0. The third-order valence-corrected chi connectivity index (χ3v) is 3.54. The maximum atomic E-state index is 12.2. The van der Waals surface area contributed by atoms with Crippen molar-refractivity contribution in [2.45, 2.75) is 25.7 Å². The second-order valence-corrected chi connectivity index (χ2v) is 4.81. The molecule has 0 saturated carbocycles. The third-order valence-electron chi connectivity index (χ3n) is 3.54. The Labute approximate surface area is 106 Å². The standard InChI is InChI=1S/C15H16O3/c16-13(12-4-2-1-3-5-12)8-11-6-7-14-15(9-11)18-10-17-14/h1-2,6-7,9,12H,3-5,8,10H2. The fourth-order valence-electron chi connectivity index (χ4n) is 2.48. The monoisotopic (exact) mass is 244 g/mol. The molecule has 3 rings (SSSR count). The maximum Gasteiger partial charge on any atom is 0.231 e. The summed E-state index contributed by atoms with van der Waals surface area (Å²) in [7, 11) is 0. The highest BCUT2D eigenvalue weighted by Crippen LogP contribution is 2.33. The normalized spacial score (nSPS) is 21.0. The van der Waals surface area contributed by atoms with E-state index in [2.05, 4.69) is 12.2 Å². The van der Waals surface area contributed by atoms with Crippen molar-refractivity contribution in [3.8, 4) is 11.5 Å². The van der Waals surface area contributed by atoms with E-state index in [4.69, 9.17) is 9.47 Å². The summed E-state index contributed by atoms with van der Waals surface area (Å²) in [5, 5.41) is 0. The number of hydrogen-bond acceptors (Lipinski definition) is 3. The van der Waals surface area contributed by atoms with Gasteiger partial charge in [-0.2, -0.15) is 0 Å². The highest BCUT2D eigenvalue weighted by Gasteiger charge is 2.20. The molecule has 0 aromatic heterocycles. The predicted octanol–water partition coefficient (Wildman–Crippen LogP) is 2.88. The maximum absolute atomic E-state index is 12.2. The van der Waals surface area contributed by atoms with Crippen molar-refractivity contribution in [1.29, 1.82) is 0 Å². The largest absolute Gasteiger partial charge is 0.454 e. The Morgan fingerprint density at radius 2 is 2.11 bits per heavy atom. The molecule has 0 radical (unpaired) electrons. The second-order valence-electron chi connectivity index (χ2n) is 4.81. The van der Waals surface area contributed by atoms with E-state index in [0.29, 0.717) is 12.2 Å². The van der Waals surface area contributed by atoms with Crippen LogP contribution in [0.4, 0.5) is 0 Å². The van der Waals surface area contributed by atoms with Gasteiger partial charge in [0, 0.05) is 12.3 Å². The number of fused-ring (bicyclic) bond motifs is 1. The SMILES string of the molecule is O=C(Cc1ccc2c(c1)OCO2)C1CC=CCC1. The highest BCUT2D eigenvalue weighted by molar-refractivity contribution is 5.83. The van der Waals surface area contributed by atoms with E-state index in [0.717, 1.165) is 36.3 Å². The van der Waals surface area contributed by atoms with Crippen LogP contribution in [0.25, 0.3) is 0 Å². The number of benzene rings is 1. The number of allylic oxidation sites excluding steroid dienone is 2. The molecule has 1 unspecified atom stereocenters. The smallest absolute Gasteiger partial charge is 0.231 e. The summed E-state index contributed by atoms with van der Waals surface area (Å²) < 4.78 is 10.6. The fraction of sp³-hybridized carbons (Fsp3) is 0.400. The van der Waals surface area contributed by atoms with Gasteiger partial charge in [0.1, 0.15) is 5.78 Å². The summed E-state index contributed by atoms with van der Waals surface area (Å²) in [5.74, 6) is 2.05. The highest BCUT2D eigenvalue weighted by atomic mass is 16.7. The molecule has 3 nitrogen and oxygen atoms in total. The molecule has 18 heavy (non-hydrogen) atoms. The number of carbonyl (C=O) groups excluding carboxylic acids is 1. The predicted molar refractivity (Wildman–Crippen MR) is 67.8 cm³/mol. The van der Waals surface area contributed by atoms with Gasteiger partial charge in [-0.1, -0.05) is 18.2 Å². The molecule has 94 valence electrons. The van der Waals surface area contributed by atoms with Crippen molar-refractivity contribution >= 4 is 5.78 Å². The van der Waals surface area contributed by atoms with Gasteiger partial charge >= 0.3 is 0 Å². The average molecular weight is 244 g/mol. The van der Waals surface area contributed by atoms with Gasteiger partial charge in [-0.05, 0) is 37.0 Å². The lowest BCUT2D eigenvalue weighted by atomic mass is 9.88. The number of carbonyl (C=O) groups is 1. The molecule has 0 N–H and O–H groups in total. The van der Waals surface area contributed by atoms with Gasteiger partial charge in [-0.3, -0.25) is 4.79 Å². The van der Waals surface area contributed by atoms with E-state index in [1.54, 1.807) is 0 Å². The molecule has 1 atom stereocenters. The van der Waals surface area contributed by atoms with E-state index in [9.17, 15) is 4.79 Å². The van der Waals surface area contributed by atoms with Crippen LogP contribution >= 0.6 is 0 Å². The fourth-order valence-corrected chi connectivity index (χ4v) is 2.48. The zero-order valence-corrected chi connectivity index (χ0v) is 10.2. The van der Waals surface area contributed by atoms with Crippen LogP contribution in [0.3, 0.4) is 0 Å². The topological polar surface area (TPSA) is 35.5 Å². The van der Waals surface area contributed by atoms with Crippen LogP contribution in [0, 0.1) is 5.92 Å². The van der Waals surface area contributed by atoms with Crippen molar-refractivity contribution in [2.75, 3.05) is 6.79 Å². The van der Waals surface area contributed by atoms with E-state index in [1.165, 1.54) is 0 Å². The van der Waals surface area contributed by atoms with Crippen LogP contribution in [0.5, 0.6) is 11.5 Å². The zero-order chi connectivity index (χ0) is 12.4. The Morgan fingerprint density at radius 1 is 1.22 bits per heavy atom. The van der Waals surface area contributed by atoms with E-state index in [1.807, 2.05) is 18.2 Å². The first kappa shape index (κ1) is 11.3. The van der Waals surface area contributed by atoms with Crippen LogP contribution in [0.2, 0.25) is 0 Å². The Morgan fingerprint density at radius 3 is 2.94 bits per heavy atom. The molecule has 1 aliphatic carbocycles. The number of ether oxygens (including phenoxy) is 2. The minimum absolute atomic E-state index is 0.195. The average Bonchev–Trinajstić information content (AvgIpc) is 2.87. The minimum atomic E-state index is 0.195. The summed E-state index contributed by atoms with van der Waals surface area (Å²) in [6.07, 6.45) is 7.67. The molecule has 3 heteroatoms. The van der Waals surface area contributed by atoms with Crippen LogP contribution < -0.4 is 9.47 Å². The number of rotatable bonds is 3. The molecule has 1 aliphatic heterocycles. The molecule has 0 bridgehead atoms. The second kappa shape index (κ2) is 4.84. The van der Waals surface area contributed by atoms with E-state index >= 15 is 0 Å². The molecule has 0 amide bonds. The van der Waals surface area contributed by atoms with E-state index < -0.39 is 0 Å². The van der Waals surface area contributed by atoms with Crippen molar-refractivity contribution in [2.24, 2.45) is 5.92 Å². The zero-order valence-electron chi connectivity index (χ0n) is 10.2. The van der Waals surface area contributed by atoms with Crippen LogP contribution in [-0.4, -0.2) is 12.6 Å². The van der Waals surface area contributed by atoms with Gasteiger partial charge < -0.3 is 9.47 Å².